The second-order valence-electron chi connectivity index (χ2n) is 20.7. The van der Waals surface area contributed by atoms with Crippen LogP contribution in [-0.4, -0.2) is 34.9 Å². The maximum Gasteiger partial charge on any atom is 0.220 e. The number of nitrogens with one attached hydrogen (secondary N) is 1. The number of carbonyl (C=O) groups is 1. The van der Waals surface area contributed by atoms with Crippen molar-refractivity contribution in [2.24, 2.45) is 0 Å². The van der Waals surface area contributed by atoms with Gasteiger partial charge in [-0.25, -0.2) is 0 Å². The number of aliphatic hydroxyl groups is 2. The van der Waals surface area contributed by atoms with Crippen LogP contribution in [0.5, 0.6) is 0 Å². The van der Waals surface area contributed by atoms with Crippen molar-refractivity contribution in [1.82, 2.24) is 5.32 Å². The molecule has 0 aromatic heterocycles. The molecule has 0 rings (SSSR count). The molecular weight excluding hydrogens is 831 g/mol. The van der Waals surface area contributed by atoms with Crippen LogP contribution in [0.15, 0.2) is 60.8 Å². The number of aliphatic hydroxyl groups excluding tert-OH is 2. The highest BCUT2D eigenvalue weighted by atomic mass is 16.3. The smallest absolute Gasteiger partial charge is 0.220 e. The van der Waals surface area contributed by atoms with E-state index < -0.39 is 12.1 Å². The van der Waals surface area contributed by atoms with Crippen LogP contribution < -0.4 is 5.32 Å². The van der Waals surface area contributed by atoms with Crippen molar-refractivity contribution in [3.8, 4) is 0 Å². The molecule has 0 aliphatic rings. The van der Waals surface area contributed by atoms with Gasteiger partial charge in [0.25, 0.3) is 0 Å². The zero-order chi connectivity index (χ0) is 49.2. The monoisotopic (exact) mass is 950 g/mol. The molecule has 0 saturated heterocycles. The van der Waals surface area contributed by atoms with Gasteiger partial charge in [-0.05, 0) is 57.8 Å². The Morgan fingerprint density at radius 1 is 0.368 bits per heavy atom. The van der Waals surface area contributed by atoms with Crippen LogP contribution in [0.25, 0.3) is 0 Å². The van der Waals surface area contributed by atoms with E-state index in [-0.39, 0.29) is 12.5 Å². The van der Waals surface area contributed by atoms with Crippen molar-refractivity contribution in [2.75, 3.05) is 6.61 Å². The maximum absolute atomic E-state index is 12.5. The van der Waals surface area contributed by atoms with Gasteiger partial charge in [-0.2, -0.15) is 0 Å². The first-order valence-corrected chi connectivity index (χ1v) is 30.5. The van der Waals surface area contributed by atoms with Crippen LogP contribution in [0.4, 0.5) is 0 Å². The van der Waals surface area contributed by atoms with Crippen molar-refractivity contribution < 1.29 is 15.0 Å². The SMILES string of the molecule is CC/C=C\C/C=C\C/C=C\C/C=C\C/C=C\CCCCCCCCCC(=O)NC(CO)C(O)CCCCCCCCCCCCCCCCCCCCCCCCCCCCCCCCCCC. The molecule has 4 heteroatoms. The Labute approximate surface area is 426 Å². The highest BCUT2D eigenvalue weighted by molar-refractivity contribution is 5.76. The van der Waals surface area contributed by atoms with Crippen LogP contribution in [0.2, 0.25) is 0 Å². The average molecular weight is 951 g/mol. The van der Waals surface area contributed by atoms with Gasteiger partial charge in [0.05, 0.1) is 18.8 Å². The number of unbranched alkanes of at least 4 members (excludes halogenated alkanes) is 39. The zero-order valence-electron chi connectivity index (χ0n) is 45.9. The van der Waals surface area contributed by atoms with Crippen LogP contribution >= 0.6 is 0 Å². The molecule has 0 bridgehead atoms. The summed E-state index contributed by atoms with van der Waals surface area (Å²) in [5, 5.41) is 23.4. The number of amides is 1. The van der Waals surface area contributed by atoms with E-state index in [1.807, 2.05) is 0 Å². The van der Waals surface area contributed by atoms with Gasteiger partial charge in [0, 0.05) is 6.42 Å². The second-order valence-corrected chi connectivity index (χ2v) is 20.7. The number of hydrogen-bond donors (Lipinski definition) is 3. The summed E-state index contributed by atoms with van der Waals surface area (Å²) >= 11 is 0. The highest BCUT2D eigenvalue weighted by Crippen LogP contribution is 2.18. The van der Waals surface area contributed by atoms with Crippen molar-refractivity contribution in [3.05, 3.63) is 60.8 Å². The van der Waals surface area contributed by atoms with Gasteiger partial charge in [-0.1, -0.05) is 319 Å². The third-order valence-corrected chi connectivity index (χ3v) is 14.0. The Morgan fingerprint density at radius 2 is 0.647 bits per heavy atom. The van der Waals surface area contributed by atoms with Gasteiger partial charge in [0.1, 0.15) is 0 Å². The quantitative estimate of drug-likeness (QED) is 0.0420. The summed E-state index contributed by atoms with van der Waals surface area (Å²) in [6.45, 7) is 4.27. The second kappa shape index (κ2) is 59.4. The van der Waals surface area contributed by atoms with Crippen molar-refractivity contribution in [3.63, 3.8) is 0 Å². The lowest BCUT2D eigenvalue weighted by atomic mass is 10.0. The molecule has 0 saturated carbocycles. The molecule has 0 aliphatic carbocycles. The lowest BCUT2D eigenvalue weighted by molar-refractivity contribution is -0.123. The number of hydrogen-bond acceptors (Lipinski definition) is 3. The molecule has 0 aromatic rings. The van der Waals surface area contributed by atoms with Gasteiger partial charge in [-0.3, -0.25) is 4.79 Å². The predicted molar refractivity (Wildman–Crippen MR) is 304 cm³/mol. The lowest BCUT2D eigenvalue weighted by Gasteiger charge is -2.22. The Hall–Kier alpha value is -1.91. The topological polar surface area (TPSA) is 69.6 Å². The van der Waals surface area contributed by atoms with Crippen molar-refractivity contribution >= 4 is 5.91 Å². The first kappa shape index (κ1) is 66.1. The summed E-state index contributed by atoms with van der Waals surface area (Å²) in [5.41, 5.74) is 0. The summed E-state index contributed by atoms with van der Waals surface area (Å²) < 4.78 is 0. The summed E-state index contributed by atoms with van der Waals surface area (Å²) in [6.07, 6.45) is 83.8. The molecule has 2 atom stereocenters. The molecule has 0 spiro atoms. The molecule has 1 amide bonds. The van der Waals surface area contributed by atoms with Gasteiger partial charge in [-0.15, -0.1) is 0 Å². The van der Waals surface area contributed by atoms with E-state index in [0.717, 1.165) is 64.2 Å². The fourth-order valence-corrected chi connectivity index (χ4v) is 9.45. The Balaban J connectivity index is 3.44. The maximum atomic E-state index is 12.5. The molecule has 3 N–H and O–H groups in total. The molecule has 2 unspecified atom stereocenters. The summed E-state index contributed by atoms with van der Waals surface area (Å²) in [5.74, 6) is -0.0404. The first-order valence-electron chi connectivity index (χ1n) is 30.5. The largest absolute Gasteiger partial charge is 0.394 e. The molecule has 68 heavy (non-hydrogen) atoms. The highest BCUT2D eigenvalue weighted by Gasteiger charge is 2.20. The molecule has 0 radical (unpaired) electrons. The minimum absolute atomic E-state index is 0.0404. The number of rotatable bonds is 56. The molecular formula is C64H119NO3. The summed E-state index contributed by atoms with van der Waals surface area (Å²) in [7, 11) is 0. The van der Waals surface area contributed by atoms with E-state index in [1.165, 1.54) is 231 Å². The Kier molecular flexibility index (Phi) is 57.7. The van der Waals surface area contributed by atoms with E-state index in [0.29, 0.717) is 12.8 Å². The molecule has 0 fully saturated rings. The summed E-state index contributed by atoms with van der Waals surface area (Å²) in [4.78, 5) is 12.5. The molecule has 0 aromatic carbocycles. The van der Waals surface area contributed by atoms with E-state index >= 15 is 0 Å². The van der Waals surface area contributed by atoms with Crippen molar-refractivity contribution in [2.45, 2.75) is 334 Å². The molecule has 4 nitrogen and oxygen atoms in total. The van der Waals surface area contributed by atoms with Crippen LogP contribution in [0, 0.1) is 0 Å². The van der Waals surface area contributed by atoms with E-state index in [4.69, 9.17) is 0 Å². The Morgan fingerprint density at radius 3 is 0.971 bits per heavy atom. The normalized spacial score (nSPS) is 13.2. The Bertz CT molecular complexity index is 1120. The fraction of sp³-hybridized carbons (Fsp3) is 0.828. The first-order chi connectivity index (χ1) is 33.7. The number of allylic oxidation sites excluding steroid dienone is 10. The summed E-state index contributed by atoms with van der Waals surface area (Å²) in [6, 6.07) is -0.547. The van der Waals surface area contributed by atoms with E-state index in [9.17, 15) is 15.0 Å². The predicted octanol–water partition coefficient (Wildman–Crippen LogP) is 20.4. The third-order valence-electron chi connectivity index (χ3n) is 14.0. The average Bonchev–Trinajstić information content (AvgIpc) is 3.34. The minimum atomic E-state index is -0.669. The van der Waals surface area contributed by atoms with Gasteiger partial charge >= 0.3 is 0 Å². The molecule has 0 heterocycles. The van der Waals surface area contributed by atoms with Crippen LogP contribution in [-0.2, 0) is 4.79 Å². The van der Waals surface area contributed by atoms with Crippen LogP contribution in [0.3, 0.4) is 0 Å². The van der Waals surface area contributed by atoms with Gasteiger partial charge in [0.15, 0.2) is 0 Å². The lowest BCUT2D eigenvalue weighted by Crippen LogP contribution is -2.45. The van der Waals surface area contributed by atoms with Gasteiger partial charge in [0.2, 0.25) is 5.91 Å². The number of carbonyl (C=O) groups excluding carboxylic acids is 1. The van der Waals surface area contributed by atoms with Gasteiger partial charge < -0.3 is 15.5 Å². The fourth-order valence-electron chi connectivity index (χ4n) is 9.45. The molecule has 398 valence electrons. The van der Waals surface area contributed by atoms with Crippen LogP contribution in [0.1, 0.15) is 322 Å². The third kappa shape index (κ3) is 55.0. The molecule has 0 aliphatic heterocycles. The van der Waals surface area contributed by atoms with E-state index in [2.05, 4.69) is 79.9 Å². The van der Waals surface area contributed by atoms with Crippen molar-refractivity contribution in [1.29, 1.82) is 0 Å². The standard InChI is InChI=1S/C64H119NO3/c1-3-5-7-9-11-13-15-17-19-21-23-25-27-28-29-30-31-32-33-34-35-36-38-39-41-43-45-47-49-51-53-55-57-59-63(67)62(61-66)65-64(68)60-58-56-54-52-50-48-46-44-42-40-37-26-24-22-20-18-16-14-12-10-8-6-4-2/h6,8,12,14,18,20,24,26,40,42,62-63,66-67H,3-5,7,9-11,13,15-17,19,21-23,25,27-39,41,43-61H2,1-2H3,(H,65,68)/b8-6-,14-12-,20-18-,26-24-,42-40-. The zero-order valence-corrected chi connectivity index (χ0v) is 45.9. The minimum Gasteiger partial charge on any atom is -0.394 e. The van der Waals surface area contributed by atoms with E-state index in [1.54, 1.807) is 0 Å².